The number of rotatable bonds is 5. The second-order valence-corrected chi connectivity index (χ2v) is 7.80. The molecule has 0 unspecified atom stereocenters. The van der Waals surface area contributed by atoms with Gasteiger partial charge in [-0.1, -0.05) is 23.9 Å². The zero-order valence-electron chi connectivity index (χ0n) is 16.3. The number of carbonyl (C=O) groups is 3. The maximum atomic E-state index is 12.7. The molecule has 1 saturated heterocycles. The van der Waals surface area contributed by atoms with Crippen molar-refractivity contribution >= 4 is 34.5 Å². The number of aromatic nitrogens is 2. The van der Waals surface area contributed by atoms with E-state index >= 15 is 0 Å². The van der Waals surface area contributed by atoms with Gasteiger partial charge in [0.25, 0.3) is 11.1 Å². The number of carbonyl (C=O) groups excluding carboxylic acids is 3. The van der Waals surface area contributed by atoms with E-state index in [1.54, 1.807) is 24.3 Å². The lowest BCUT2D eigenvalue weighted by atomic mass is 10.1. The molecular formula is C21H15F3N4O3S. The summed E-state index contributed by atoms with van der Waals surface area (Å²) in [5.41, 5.74) is 0.948. The Hall–Kier alpha value is -3.60. The summed E-state index contributed by atoms with van der Waals surface area (Å²) in [6.45, 7) is 0.170. The topological polar surface area (TPSA) is 84.3 Å². The fourth-order valence-corrected chi connectivity index (χ4v) is 3.72. The van der Waals surface area contributed by atoms with Crippen molar-refractivity contribution in [2.75, 3.05) is 11.1 Å². The summed E-state index contributed by atoms with van der Waals surface area (Å²) < 4.78 is 39.2. The average Bonchev–Trinajstić information content (AvgIpc) is 3.38. The first kappa shape index (κ1) is 21.6. The van der Waals surface area contributed by atoms with E-state index in [0.29, 0.717) is 16.9 Å². The van der Waals surface area contributed by atoms with Crippen LogP contribution in [0.25, 0.3) is 5.69 Å². The number of imide groups is 1. The molecule has 0 saturated carbocycles. The summed E-state index contributed by atoms with van der Waals surface area (Å²) in [6, 6.07) is 13.5. The molecular weight excluding hydrogens is 445 g/mol. The lowest BCUT2D eigenvalue weighted by Crippen LogP contribution is -2.27. The van der Waals surface area contributed by atoms with Crippen molar-refractivity contribution in [3.63, 3.8) is 0 Å². The zero-order chi connectivity index (χ0) is 22.9. The predicted molar refractivity (Wildman–Crippen MR) is 111 cm³/mol. The van der Waals surface area contributed by atoms with Crippen LogP contribution in [0.2, 0.25) is 0 Å². The maximum Gasteiger partial charge on any atom is 0.435 e. The third-order valence-corrected chi connectivity index (χ3v) is 5.53. The number of hydrogen-bond donors (Lipinski definition) is 1. The van der Waals surface area contributed by atoms with Gasteiger partial charge in [0, 0.05) is 17.4 Å². The van der Waals surface area contributed by atoms with Crippen LogP contribution in [0.5, 0.6) is 0 Å². The summed E-state index contributed by atoms with van der Waals surface area (Å²) >= 11 is 0.969. The Bertz CT molecular complexity index is 1160. The van der Waals surface area contributed by atoms with E-state index in [4.69, 9.17) is 0 Å². The number of hydrogen-bond acceptors (Lipinski definition) is 5. The van der Waals surface area contributed by atoms with Crippen LogP contribution < -0.4 is 5.32 Å². The van der Waals surface area contributed by atoms with Crippen LogP contribution in [0.15, 0.2) is 60.8 Å². The first-order valence-electron chi connectivity index (χ1n) is 9.31. The number of anilines is 1. The molecule has 0 spiro atoms. The van der Waals surface area contributed by atoms with Crippen LogP contribution in [0, 0.1) is 0 Å². The Morgan fingerprint density at radius 1 is 1.03 bits per heavy atom. The van der Waals surface area contributed by atoms with Crippen molar-refractivity contribution < 1.29 is 27.6 Å². The summed E-state index contributed by atoms with van der Waals surface area (Å²) in [5.74, 6) is -0.483. The van der Waals surface area contributed by atoms with Gasteiger partial charge in [0.1, 0.15) is 0 Å². The summed E-state index contributed by atoms with van der Waals surface area (Å²) in [6.07, 6.45) is -3.33. The molecule has 1 fully saturated rings. The highest BCUT2D eigenvalue weighted by Crippen LogP contribution is 2.28. The van der Waals surface area contributed by atoms with Gasteiger partial charge in [-0.15, -0.1) is 0 Å². The molecule has 0 radical (unpaired) electrons. The lowest BCUT2D eigenvalue weighted by molar-refractivity contribution is -0.141. The lowest BCUT2D eigenvalue weighted by Gasteiger charge is -2.13. The monoisotopic (exact) mass is 460 g/mol. The van der Waals surface area contributed by atoms with Crippen molar-refractivity contribution in [1.29, 1.82) is 0 Å². The maximum absolute atomic E-state index is 12.7. The van der Waals surface area contributed by atoms with Gasteiger partial charge in [-0.25, -0.2) is 4.68 Å². The Labute approximate surface area is 184 Å². The smallest absolute Gasteiger partial charge is 0.322 e. The predicted octanol–water partition coefficient (Wildman–Crippen LogP) is 4.34. The van der Waals surface area contributed by atoms with E-state index in [1.807, 2.05) is 0 Å². The first-order chi connectivity index (χ1) is 15.2. The molecule has 2 heterocycles. The molecule has 0 bridgehead atoms. The van der Waals surface area contributed by atoms with Crippen molar-refractivity contribution in [1.82, 2.24) is 14.7 Å². The summed E-state index contributed by atoms with van der Waals surface area (Å²) in [4.78, 5) is 37.0. The number of nitrogens with one attached hydrogen (secondary N) is 1. The SMILES string of the molecule is O=C(Nc1ccc(CN2C(=O)CSC2=O)cc1)c1ccc(-n2ccc(C(F)(F)F)n2)cc1. The van der Waals surface area contributed by atoms with Crippen molar-refractivity contribution in [2.45, 2.75) is 12.7 Å². The minimum absolute atomic E-state index is 0.148. The van der Waals surface area contributed by atoms with Crippen LogP contribution in [0.1, 0.15) is 21.6 Å². The summed E-state index contributed by atoms with van der Waals surface area (Å²) in [5, 5.41) is 5.93. The van der Waals surface area contributed by atoms with Crippen LogP contribution in [0.3, 0.4) is 0 Å². The van der Waals surface area contributed by atoms with Gasteiger partial charge in [-0.3, -0.25) is 19.3 Å². The van der Waals surface area contributed by atoms with E-state index in [9.17, 15) is 27.6 Å². The largest absolute Gasteiger partial charge is 0.435 e. The number of nitrogens with zero attached hydrogens (tertiary/aromatic N) is 3. The highest BCUT2D eigenvalue weighted by molar-refractivity contribution is 8.14. The zero-order valence-corrected chi connectivity index (χ0v) is 17.1. The Kier molecular flexibility index (Phi) is 5.74. The number of benzene rings is 2. The van der Waals surface area contributed by atoms with Crippen LogP contribution >= 0.6 is 11.8 Å². The van der Waals surface area contributed by atoms with Crippen LogP contribution in [-0.2, 0) is 17.5 Å². The molecule has 1 aliphatic heterocycles. The van der Waals surface area contributed by atoms with Gasteiger partial charge >= 0.3 is 6.18 Å². The molecule has 1 N–H and O–H groups in total. The minimum Gasteiger partial charge on any atom is -0.322 e. The second-order valence-electron chi connectivity index (χ2n) is 6.88. The quantitative estimate of drug-likeness (QED) is 0.613. The number of amides is 3. The van der Waals surface area contributed by atoms with E-state index in [-0.39, 0.29) is 23.4 Å². The molecule has 2 aromatic carbocycles. The molecule has 1 aliphatic rings. The Morgan fingerprint density at radius 2 is 1.72 bits per heavy atom. The molecule has 3 amide bonds. The van der Waals surface area contributed by atoms with Gasteiger partial charge in [0.05, 0.1) is 18.0 Å². The first-order valence-corrected chi connectivity index (χ1v) is 10.3. The molecule has 164 valence electrons. The van der Waals surface area contributed by atoms with Crippen molar-refractivity contribution in [3.05, 3.63) is 77.6 Å². The molecule has 3 aromatic rings. The van der Waals surface area contributed by atoms with E-state index in [2.05, 4.69) is 10.4 Å². The third kappa shape index (κ3) is 4.67. The van der Waals surface area contributed by atoms with Gasteiger partial charge in [0.2, 0.25) is 5.91 Å². The fraction of sp³-hybridized carbons (Fsp3) is 0.143. The molecule has 0 aliphatic carbocycles. The van der Waals surface area contributed by atoms with Gasteiger partial charge in [-0.2, -0.15) is 18.3 Å². The number of thioether (sulfide) groups is 1. The van der Waals surface area contributed by atoms with Gasteiger partial charge < -0.3 is 5.32 Å². The third-order valence-electron chi connectivity index (χ3n) is 4.67. The highest BCUT2D eigenvalue weighted by atomic mass is 32.2. The van der Waals surface area contributed by atoms with Crippen molar-refractivity contribution in [2.24, 2.45) is 0 Å². The average molecular weight is 460 g/mol. The van der Waals surface area contributed by atoms with E-state index in [1.165, 1.54) is 35.4 Å². The summed E-state index contributed by atoms with van der Waals surface area (Å²) in [7, 11) is 0. The molecule has 32 heavy (non-hydrogen) atoms. The number of alkyl halides is 3. The van der Waals surface area contributed by atoms with Gasteiger partial charge in [-0.05, 0) is 48.0 Å². The van der Waals surface area contributed by atoms with Gasteiger partial charge in [0.15, 0.2) is 5.69 Å². The normalized spacial score (nSPS) is 14.2. The van der Waals surface area contributed by atoms with E-state index in [0.717, 1.165) is 28.1 Å². The van der Waals surface area contributed by atoms with E-state index < -0.39 is 17.8 Å². The Morgan fingerprint density at radius 3 is 2.28 bits per heavy atom. The van der Waals surface area contributed by atoms with Crippen molar-refractivity contribution in [3.8, 4) is 5.69 Å². The van der Waals surface area contributed by atoms with Crippen LogP contribution in [0.4, 0.5) is 23.7 Å². The van der Waals surface area contributed by atoms with Crippen LogP contribution in [-0.4, -0.2) is 37.5 Å². The molecule has 0 atom stereocenters. The highest BCUT2D eigenvalue weighted by Gasteiger charge is 2.33. The molecule has 1 aromatic heterocycles. The minimum atomic E-state index is -4.53. The molecule has 4 rings (SSSR count). The fourth-order valence-electron chi connectivity index (χ4n) is 3.00. The Balaban J connectivity index is 1.39. The second kappa shape index (κ2) is 8.50. The molecule has 7 nitrogen and oxygen atoms in total. The molecule has 11 heteroatoms. The number of halogens is 3. The standard InChI is InChI=1S/C21H15F3N4O3S/c22-21(23,24)17-9-10-28(26-17)16-7-3-14(4-8-16)19(30)25-15-5-1-13(2-6-15)11-27-18(29)12-32-20(27)31/h1-10H,11-12H2,(H,25,30).